The van der Waals surface area contributed by atoms with E-state index in [-0.39, 0.29) is 64.9 Å². The van der Waals surface area contributed by atoms with Crippen LogP contribution in [0.3, 0.4) is 0 Å². The molecule has 2 aromatic carbocycles. The van der Waals surface area contributed by atoms with Crippen LogP contribution in [-0.4, -0.2) is 86.9 Å². The third-order valence-corrected chi connectivity index (χ3v) is 8.91. The van der Waals surface area contributed by atoms with Crippen molar-refractivity contribution in [1.82, 2.24) is 14.9 Å². The fourth-order valence-corrected chi connectivity index (χ4v) is 6.90. The number of phenolic OH excluding ortho intramolecular Hbond substituents is 1. The van der Waals surface area contributed by atoms with Gasteiger partial charge in [-0.25, -0.2) is 13.6 Å². The number of rotatable bonds is 5. The normalized spacial score (nSPS) is 26.0. The quantitative estimate of drug-likeness (QED) is 0.324. The lowest BCUT2D eigenvalue weighted by molar-refractivity contribution is 0.0572. The molecule has 3 aliphatic heterocycles. The van der Waals surface area contributed by atoms with Crippen LogP contribution in [0, 0.1) is 12.7 Å². The van der Waals surface area contributed by atoms with Gasteiger partial charge in [0.15, 0.2) is 5.82 Å². The Morgan fingerprint density at radius 1 is 1.14 bits per heavy atom. The molecule has 3 fully saturated rings. The molecule has 12 heteroatoms. The first-order valence-corrected chi connectivity index (χ1v) is 14.0. The van der Waals surface area contributed by atoms with E-state index < -0.39 is 35.4 Å². The van der Waals surface area contributed by atoms with Crippen molar-refractivity contribution in [1.29, 1.82) is 0 Å². The number of anilines is 1. The Hall–Kier alpha value is -3.87. The molecule has 10 nitrogen and oxygen atoms in total. The highest BCUT2D eigenvalue weighted by Crippen LogP contribution is 2.41. The summed E-state index contributed by atoms with van der Waals surface area (Å²) in [5, 5.41) is 31.5. The molecule has 3 N–H and O–H groups in total. The number of benzene rings is 2. The number of halogens is 2. The molecule has 0 spiro atoms. The molecule has 4 atom stereocenters. The number of hydrogen-bond donors (Lipinski definition) is 3. The zero-order valence-corrected chi connectivity index (χ0v) is 22.9. The van der Waals surface area contributed by atoms with Gasteiger partial charge in [0.2, 0.25) is 0 Å². The number of aliphatic hydroxyl groups excluding tert-OH is 2. The van der Waals surface area contributed by atoms with E-state index in [1.165, 1.54) is 24.3 Å². The number of aliphatic hydroxyl groups is 2. The molecule has 2 aromatic heterocycles. The fourth-order valence-electron chi connectivity index (χ4n) is 6.90. The summed E-state index contributed by atoms with van der Waals surface area (Å²) in [6, 6.07) is 7.14. The Morgan fingerprint density at radius 3 is 2.71 bits per heavy atom. The summed E-state index contributed by atoms with van der Waals surface area (Å²) in [5.74, 6) is -0.551. The van der Waals surface area contributed by atoms with E-state index in [9.17, 15) is 24.5 Å². The van der Waals surface area contributed by atoms with Crippen molar-refractivity contribution < 1.29 is 33.3 Å². The highest BCUT2D eigenvalue weighted by Gasteiger charge is 2.49. The summed E-state index contributed by atoms with van der Waals surface area (Å²) in [6.07, 6.45) is -0.996. The first-order valence-electron chi connectivity index (χ1n) is 14.0. The zero-order valence-electron chi connectivity index (χ0n) is 22.9. The predicted octanol–water partition coefficient (Wildman–Crippen LogP) is 3.05. The summed E-state index contributed by atoms with van der Waals surface area (Å²) in [7, 11) is 0. The second kappa shape index (κ2) is 9.85. The Labute approximate surface area is 238 Å². The maximum atomic E-state index is 15.1. The van der Waals surface area contributed by atoms with Gasteiger partial charge in [-0.1, -0.05) is 12.1 Å². The molecule has 0 bridgehead atoms. The summed E-state index contributed by atoms with van der Waals surface area (Å²) in [4.78, 5) is 26.4. The summed E-state index contributed by atoms with van der Waals surface area (Å²) >= 11 is 0. The smallest absolute Gasteiger partial charge is 0.349 e. The number of ether oxygens (including phenoxy) is 1. The number of β-amino-alcohol motifs (C(OH)–C–C–N with tert-alkyl or cyclic N) is 2. The predicted molar refractivity (Wildman–Crippen MR) is 150 cm³/mol. The third-order valence-electron chi connectivity index (χ3n) is 8.91. The van der Waals surface area contributed by atoms with Gasteiger partial charge in [0.25, 0.3) is 0 Å². The molecule has 7 rings (SSSR count). The van der Waals surface area contributed by atoms with E-state index in [2.05, 4.69) is 14.9 Å². The topological polar surface area (TPSA) is 132 Å². The van der Waals surface area contributed by atoms with Crippen LogP contribution in [0.25, 0.3) is 33.0 Å². The van der Waals surface area contributed by atoms with Crippen LogP contribution in [0.2, 0.25) is 0 Å². The van der Waals surface area contributed by atoms with Gasteiger partial charge in [0.1, 0.15) is 35.5 Å². The minimum absolute atomic E-state index is 0.0105. The number of phenols is 1. The number of aromatic hydroxyl groups is 1. The van der Waals surface area contributed by atoms with Crippen molar-refractivity contribution in [2.75, 3.05) is 37.7 Å². The molecule has 0 aliphatic carbocycles. The Balaban J connectivity index is 1.40. The molecule has 2 unspecified atom stereocenters. The molecule has 5 heterocycles. The van der Waals surface area contributed by atoms with Gasteiger partial charge < -0.3 is 29.4 Å². The molecule has 4 aromatic rings. The van der Waals surface area contributed by atoms with E-state index in [0.29, 0.717) is 23.9 Å². The highest BCUT2D eigenvalue weighted by atomic mass is 19.1. The average molecular weight is 581 g/mol. The monoisotopic (exact) mass is 580 g/mol. The number of aryl methyl sites for hydroxylation is 1. The second-order valence-corrected chi connectivity index (χ2v) is 11.6. The molecule has 3 aliphatic rings. The lowest BCUT2D eigenvalue weighted by atomic mass is 9.95. The van der Waals surface area contributed by atoms with E-state index >= 15 is 4.39 Å². The van der Waals surface area contributed by atoms with Gasteiger partial charge in [-0.05, 0) is 49.9 Å². The van der Waals surface area contributed by atoms with E-state index in [4.69, 9.17) is 9.15 Å². The number of nitrogens with zero attached hydrogens (tertiary/aromatic N) is 4. The maximum Gasteiger partial charge on any atom is 0.349 e. The van der Waals surface area contributed by atoms with Crippen molar-refractivity contribution in [3.05, 3.63) is 52.1 Å². The Bertz CT molecular complexity index is 1770. The van der Waals surface area contributed by atoms with Crippen molar-refractivity contribution in [2.24, 2.45) is 0 Å². The van der Waals surface area contributed by atoms with Crippen LogP contribution < -0.4 is 15.3 Å². The lowest BCUT2D eigenvalue weighted by Crippen LogP contribution is -2.43. The zero-order chi connectivity index (χ0) is 29.3. The maximum absolute atomic E-state index is 15.1. The summed E-state index contributed by atoms with van der Waals surface area (Å²) < 4.78 is 41.3. The first-order chi connectivity index (χ1) is 20.1. The summed E-state index contributed by atoms with van der Waals surface area (Å²) in [6.45, 7) is 2.98. The van der Waals surface area contributed by atoms with Gasteiger partial charge >= 0.3 is 11.6 Å². The van der Waals surface area contributed by atoms with Crippen LogP contribution in [0.4, 0.5) is 14.6 Å². The van der Waals surface area contributed by atoms with Gasteiger partial charge in [0.05, 0.1) is 23.3 Å². The van der Waals surface area contributed by atoms with Gasteiger partial charge in [-0.3, -0.25) is 4.90 Å². The number of hydrogen-bond acceptors (Lipinski definition) is 10. The van der Waals surface area contributed by atoms with Crippen molar-refractivity contribution in [2.45, 2.75) is 50.1 Å². The summed E-state index contributed by atoms with van der Waals surface area (Å²) in [5.41, 5.74) is -0.548. The minimum Gasteiger partial charge on any atom is -0.508 e. The van der Waals surface area contributed by atoms with Crippen LogP contribution >= 0.6 is 0 Å². The van der Waals surface area contributed by atoms with Crippen molar-refractivity contribution >= 4 is 27.5 Å². The van der Waals surface area contributed by atoms with Gasteiger partial charge in [-0.2, -0.15) is 9.97 Å². The second-order valence-electron chi connectivity index (χ2n) is 11.6. The van der Waals surface area contributed by atoms with E-state index in [1.807, 2.05) is 0 Å². The van der Waals surface area contributed by atoms with Crippen molar-refractivity contribution in [3.8, 4) is 23.1 Å². The molecular formula is C30H30F2N4O6. The first kappa shape index (κ1) is 27.0. The molecular weight excluding hydrogens is 550 g/mol. The largest absolute Gasteiger partial charge is 0.508 e. The van der Waals surface area contributed by atoms with Crippen molar-refractivity contribution in [3.63, 3.8) is 0 Å². The third kappa shape index (κ3) is 4.27. The van der Waals surface area contributed by atoms with Crippen LogP contribution in [0.1, 0.15) is 24.8 Å². The fraction of sp³-hybridized carbons (Fsp3) is 0.433. The lowest BCUT2D eigenvalue weighted by Gasteiger charge is -2.31. The average Bonchev–Trinajstić information content (AvgIpc) is 3.59. The number of alkyl halides is 1. The van der Waals surface area contributed by atoms with E-state index in [1.54, 1.807) is 17.9 Å². The van der Waals surface area contributed by atoms with Gasteiger partial charge in [0, 0.05) is 42.6 Å². The molecule has 42 heavy (non-hydrogen) atoms. The SMILES string of the molecule is Cc1c(-c2cc(O)cc3cccc(F)c23)oc(=O)c2c(N3CC(O)C(O)C3)nc(OC[C@@]34CCCN3C[C@H](F)C4)nc12. The Morgan fingerprint density at radius 2 is 1.93 bits per heavy atom. The molecule has 0 amide bonds. The molecule has 3 saturated heterocycles. The number of aromatic nitrogens is 2. The van der Waals surface area contributed by atoms with Crippen LogP contribution in [0.5, 0.6) is 11.8 Å². The highest BCUT2D eigenvalue weighted by molar-refractivity contribution is 6.00. The molecule has 0 radical (unpaired) electrons. The molecule has 0 saturated carbocycles. The van der Waals surface area contributed by atoms with Crippen LogP contribution in [0.15, 0.2) is 39.5 Å². The molecule has 220 valence electrons. The van der Waals surface area contributed by atoms with Crippen LogP contribution in [-0.2, 0) is 0 Å². The Kier molecular flexibility index (Phi) is 6.33. The van der Waals surface area contributed by atoms with Gasteiger partial charge in [-0.15, -0.1) is 0 Å². The minimum atomic E-state index is -1.06. The number of fused-ring (bicyclic) bond motifs is 3. The van der Waals surface area contributed by atoms with E-state index in [0.717, 1.165) is 19.4 Å². The standard InChI is InChI=1S/C30H30F2N4O6/c1-15-25-24(28(40)42-26(15)19-9-18(37)8-16-4-2-5-20(32)23(16)19)27(35-12-21(38)22(39)13-35)34-29(33-25)41-14-30-6-3-7-36(30)11-17(31)10-30/h2,4-5,8-9,17,21-22,37-39H,3,6-7,10-14H2,1H3/t17-,21?,22?,30+/m1/s1.